The largest absolute Gasteiger partial charge is 0.374 e. The average molecular weight is 398 g/mol. The van der Waals surface area contributed by atoms with Crippen molar-refractivity contribution in [2.24, 2.45) is 0 Å². The van der Waals surface area contributed by atoms with Crippen molar-refractivity contribution in [2.75, 3.05) is 38.1 Å². The third-order valence-corrected chi connectivity index (χ3v) is 6.23. The smallest absolute Gasteiger partial charge is 0.251 e. The second-order valence-corrected chi connectivity index (χ2v) is 8.33. The van der Waals surface area contributed by atoms with Gasteiger partial charge in [-0.25, -0.2) is 0 Å². The summed E-state index contributed by atoms with van der Waals surface area (Å²) in [5.41, 5.74) is 4.68. The molecular formula is C23H28ClN3O. The zero-order valence-electron chi connectivity index (χ0n) is 16.5. The molecule has 4 nitrogen and oxygen atoms in total. The van der Waals surface area contributed by atoms with E-state index in [1.54, 1.807) is 12.1 Å². The van der Waals surface area contributed by atoms with Crippen LogP contribution in [0.2, 0.25) is 5.02 Å². The highest BCUT2D eigenvalue weighted by Crippen LogP contribution is 2.32. The van der Waals surface area contributed by atoms with Gasteiger partial charge in [-0.15, -0.1) is 0 Å². The van der Waals surface area contributed by atoms with Gasteiger partial charge < -0.3 is 10.2 Å². The molecule has 2 aromatic rings. The van der Waals surface area contributed by atoms with Crippen molar-refractivity contribution in [3.63, 3.8) is 0 Å². The fraction of sp³-hybridized carbons (Fsp3) is 0.435. The summed E-state index contributed by atoms with van der Waals surface area (Å²) < 4.78 is 0. The Morgan fingerprint density at radius 2 is 1.93 bits per heavy atom. The first-order chi connectivity index (χ1) is 13.6. The van der Waals surface area contributed by atoms with Crippen molar-refractivity contribution in [3.05, 3.63) is 64.2 Å². The van der Waals surface area contributed by atoms with Gasteiger partial charge in [-0.3, -0.25) is 9.69 Å². The lowest BCUT2D eigenvalue weighted by Crippen LogP contribution is -2.40. The summed E-state index contributed by atoms with van der Waals surface area (Å²) in [7, 11) is 2.15. The molecule has 1 atom stereocenters. The van der Waals surface area contributed by atoms with Crippen molar-refractivity contribution in [1.82, 2.24) is 10.2 Å². The number of hydrogen-bond donors (Lipinski definition) is 1. The van der Waals surface area contributed by atoms with Gasteiger partial charge in [0.2, 0.25) is 0 Å². The summed E-state index contributed by atoms with van der Waals surface area (Å²) in [6, 6.07) is 14.2. The number of carbonyl (C=O) groups is 1. The molecule has 0 bridgehead atoms. The number of nitrogens with zero attached hydrogens (tertiary/aromatic N) is 2. The predicted octanol–water partition coefficient (Wildman–Crippen LogP) is 4.29. The molecule has 2 aliphatic heterocycles. The summed E-state index contributed by atoms with van der Waals surface area (Å²) in [5.74, 6) is -0.0644. The van der Waals surface area contributed by atoms with Crippen molar-refractivity contribution in [1.29, 1.82) is 0 Å². The zero-order valence-corrected chi connectivity index (χ0v) is 17.2. The molecular weight excluding hydrogens is 370 g/mol. The lowest BCUT2D eigenvalue weighted by Gasteiger charge is -2.35. The fourth-order valence-electron chi connectivity index (χ4n) is 4.40. The standard InChI is InChI=1S/C23H28ClN3O/c1-26-13-10-18-14-17(8-9-21(18)26)22(27-11-3-2-4-12-27)16-25-23(28)19-6-5-7-20(24)15-19/h5-9,14-15,22H,2-4,10-13,16H2,1H3,(H,25,28)/t22-/m1/s1. The number of hydrogen-bond acceptors (Lipinski definition) is 3. The van der Waals surface area contributed by atoms with Crippen LogP contribution in [0.5, 0.6) is 0 Å². The Bertz CT molecular complexity index is 847. The molecule has 0 unspecified atom stereocenters. The Kier molecular flexibility index (Phi) is 5.88. The number of piperidine rings is 1. The Balaban J connectivity index is 1.53. The molecule has 1 amide bonds. The van der Waals surface area contributed by atoms with Gasteiger partial charge in [0.05, 0.1) is 6.04 Å². The molecule has 28 heavy (non-hydrogen) atoms. The molecule has 2 aliphatic rings. The van der Waals surface area contributed by atoms with Gasteiger partial charge in [-0.2, -0.15) is 0 Å². The van der Waals surface area contributed by atoms with Gasteiger partial charge >= 0.3 is 0 Å². The zero-order chi connectivity index (χ0) is 19.5. The lowest BCUT2D eigenvalue weighted by atomic mass is 9.98. The van der Waals surface area contributed by atoms with Crippen LogP contribution in [0, 0.1) is 0 Å². The third-order valence-electron chi connectivity index (χ3n) is 5.99. The summed E-state index contributed by atoms with van der Waals surface area (Å²) >= 11 is 6.04. The molecule has 0 radical (unpaired) electrons. The topological polar surface area (TPSA) is 35.6 Å². The molecule has 1 fully saturated rings. The van der Waals surface area contributed by atoms with E-state index in [9.17, 15) is 4.79 Å². The van der Waals surface area contributed by atoms with Crippen molar-refractivity contribution < 1.29 is 4.79 Å². The van der Waals surface area contributed by atoms with Crippen LogP contribution in [0.3, 0.4) is 0 Å². The number of likely N-dealkylation sites (N-methyl/N-ethyl adjacent to an activating group) is 1. The number of anilines is 1. The average Bonchev–Trinajstić information content (AvgIpc) is 3.09. The number of amides is 1. The van der Waals surface area contributed by atoms with Crippen LogP contribution < -0.4 is 10.2 Å². The van der Waals surface area contributed by atoms with Crippen LogP contribution >= 0.6 is 11.6 Å². The molecule has 1 saturated heterocycles. The van der Waals surface area contributed by atoms with E-state index in [4.69, 9.17) is 11.6 Å². The van der Waals surface area contributed by atoms with Crippen LogP contribution in [0.1, 0.15) is 46.8 Å². The van der Waals surface area contributed by atoms with Crippen LogP contribution in [0.4, 0.5) is 5.69 Å². The highest BCUT2D eigenvalue weighted by Gasteiger charge is 2.25. The SMILES string of the molecule is CN1CCc2cc([C@@H](CNC(=O)c3cccc(Cl)c3)N3CCCCC3)ccc21. The van der Waals surface area contributed by atoms with Gasteiger partial charge in [0.1, 0.15) is 0 Å². The maximum Gasteiger partial charge on any atom is 0.251 e. The summed E-state index contributed by atoms with van der Waals surface area (Å²) in [4.78, 5) is 17.5. The number of nitrogens with one attached hydrogen (secondary N) is 1. The molecule has 0 spiro atoms. The van der Waals surface area contributed by atoms with E-state index in [1.165, 1.54) is 36.1 Å². The van der Waals surface area contributed by atoms with Crippen LogP contribution in [-0.2, 0) is 6.42 Å². The number of carbonyl (C=O) groups excluding carboxylic acids is 1. The van der Waals surface area contributed by atoms with Crippen molar-refractivity contribution >= 4 is 23.2 Å². The molecule has 0 saturated carbocycles. The summed E-state index contributed by atoms with van der Waals surface area (Å²) in [6.45, 7) is 3.88. The Hall–Kier alpha value is -2.04. The van der Waals surface area contributed by atoms with Crippen LogP contribution in [-0.4, -0.2) is 44.0 Å². The summed E-state index contributed by atoms with van der Waals surface area (Å²) in [6.07, 6.45) is 4.85. The number of likely N-dealkylation sites (tertiary alicyclic amines) is 1. The summed E-state index contributed by atoms with van der Waals surface area (Å²) in [5, 5.41) is 3.73. The van der Waals surface area contributed by atoms with E-state index in [1.807, 2.05) is 12.1 Å². The molecule has 0 aliphatic carbocycles. The maximum atomic E-state index is 12.7. The second-order valence-electron chi connectivity index (χ2n) is 7.89. The van der Waals surface area contributed by atoms with Gasteiger partial charge in [0.15, 0.2) is 0 Å². The number of rotatable bonds is 5. The first-order valence-corrected chi connectivity index (χ1v) is 10.6. The predicted molar refractivity (Wildman–Crippen MR) is 115 cm³/mol. The highest BCUT2D eigenvalue weighted by atomic mass is 35.5. The minimum Gasteiger partial charge on any atom is -0.374 e. The molecule has 2 heterocycles. The van der Waals surface area contributed by atoms with Gasteiger partial charge in [-0.1, -0.05) is 36.2 Å². The Morgan fingerprint density at radius 1 is 1.11 bits per heavy atom. The lowest BCUT2D eigenvalue weighted by molar-refractivity contribution is 0.0924. The van der Waals surface area contributed by atoms with E-state index in [-0.39, 0.29) is 11.9 Å². The maximum absolute atomic E-state index is 12.7. The third kappa shape index (κ3) is 4.18. The Morgan fingerprint density at radius 3 is 2.71 bits per heavy atom. The molecule has 1 N–H and O–H groups in total. The Labute approximate surface area is 172 Å². The van der Waals surface area contributed by atoms with Gasteiger partial charge in [0, 0.05) is 36.4 Å². The molecule has 0 aromatic heterocycles. The van der Waals surface area contributed by atoms with Crippen LogP contribution in [0.15, 0.2) is 42.5 Å². The molecule has 5 heteroatoms. The number of halogens is 1. The molecule has 2 aromatic carbocycles. The molecule has 148 valence electrons. The van der Waals surface area contributed by atoms with E-state index >= 15 is 0 Å². The van der Waals surface area contributed by atoms with Crippen LogP contribution in [0.25, 0.3) is 0 Å². The van der Waals surface area contributed by atoms with Crippen molar-refractivity contribution in [2.45, 2.75) is 31.7 Å². The van der Waals surface area contributed by atoms with E-state index in [2.05, 4.69) is 40.4 Å². The first kappa shape index (κ1) is 19.3. The second kappa shape index (κ2) is 8.54. The normalized spacial score (nSPS) is 18.0. The first-order valence-electron chi connectivity index (χ1n) is 10.2. The minimum absolute atomic E-state index is 0.0644. The van der Waals surface area contributed by atoms with Gasteiger partial charge in [-0.05, 0) is 67.7 Å². The van der Waals surface area contributed by atoms with Crippen molar-refractivity contribution in [3.8, 4) is 0 Å². The molecule has 4 rings (SSSR count). The quantitative estimate of drug-likeness (QED) is 0.817. The van der Waals surface area contributed by atoms with E-state index in [0.717, 1.165) is 26.1 Å². The number of fused-ring (bicyclic) bond motifs is 1. The van der Waals surface area contributed by atoms with E-state index < -0.39 is 0 Å². The monoisotopic (exact) mass is 397 g/mol. The minimum atomic E-state index is -0.0644. The highest BCUT2D eigenvalue weighted by molar-refractivity contribution is 6.30. The van der Waals surface area contributed by atoms with E-state index in [0.29, 0.717) is 17.1 Å². The fourth-order valence-corrected chi connectivity index (χ4v) is 4.59. The van der Waals surface area contributed by atoms with Gasteiger partial charge in [0.25, 0.3) is 5.91 Å². The number of benzene rings is 2.